The molecular weight excluding hydrogens is 288 g/mol. The van der Waals surface area contributed by atoms with Crippen LogP contribution in [0.2, 0.25) is 0 Å². The van der Waals surface area contributed by atoms with Crippen LogP contribution in [-0.4, -0.2) is 17.7 Å². The number of aryl methyl sites for hydroxylation is 1. The average Bonchev–Trinajstić information content (AvgIpc) is 2.52. The fraction of sp³-hybridized carbons (Fsp3) is 0.263. The Kier molecular flexibility index (Phi) is 5.16. The van der Waals surface area contributed by atoms with Crippen LogP contribution in [0.25, 0.3) is 0 Å². The molecule has 2 aromatic rings. The van der Waals surface area contributed by atoms with Crippen molar-refractivity contribution in [2.24, 2.45) is 0 Å². The summed E-state index contributed by atoms with van der Waals surface area (Å²) in [6, 6.07) is 12.5. The van der Waals surface area contributed by atoms with Gasteiger partial charge in [-0.3, -0.25) is 9.59 Å². The number of ketones is 1. The molecule has 2 aromatic carbocycles. The lowest BCUT2D eigenvalue weighted by molar-refractivity contribution is -0.116. The van der Waals surface area contributed by atoms with Crippen molar-refractivity contribution >= 4 is 23.1 Å². The van der Waals surface area contributed by atoms with E-state index in [-0.39, 0.29) is 17.7 Å². The Bertz CT molecular complexity index is 721. The van der Waals surface area contributed by atoms with Crippen molar-refractivity contribution in [2.45, 2.75) is 33.7 Å². The maximum absolute atomic E-state index is 12.3. The molecule has 0 spiro atoms. The third-order valence-corrected chi connectivity index (χ3v) is 3.93. The van der Waals surface area contributed by atoms with E-state index < -0.39 is 0 Å². The summed E-state index contributed by atoms with van der Waals surface area (Å²) in [5.41, 5.74) is 4.58. The molecule has 0 radical (unpaired) electrons. The summed E-state index contributed by atoms with van der Waals surface area (Å²) >= 11 is 0. The molecule has 0 bridgehead atoms. The number of Topliss-reactive ketones (excluding diaryl/α,β-unsaturated/α-hetero) is 1. The van der Waals surface area contributed by atoms with Gasteiger partial charge in [-0.1, -0.05) is 12.1 Å². The van der Waals surface area contributed by atoms with E-state index in [0.29, 0.717) is 11.3 Å². The molecule has 2 rings (SSSR count). The molecular formula is C19H22N2O2. The van der Waals surface area contributed by atoms with E-state index in [0.717, 1.165) is 11.3 Å². The lowest BCUT2D eigenvalue weighted by Gasteiger charge is -2.18. The maximum atomic E-state index is 12.3. The van der Waals surface area contributed by atoms with Crippen LogP contribution in [0.15, 0.2) is 42.5 Å². The van der Waals surface area contributed by atoms with Crippen LogP contribution >= 0.6 is 0 Å². The summed E-state index contributed by atoms with van der Waals surface area (Å²) in [6.45, 7) is 7.41. The SMILES string of the molecule is CC(=O)c1ccc(NC(=O)[C@H](C)Nc2cccc(C)c2C)cc1. The Hall–Kier alpha value is -2.62. The second-order valence-electron chi connectivity index (χ2n) is 5.74. The van der Waals surface area contributed by atoms with E-state index in [4.69, 9.17) is 0 Å². The highest BCUT2D eigenvalue weighted by molar-refractivity contribution is 5.98. The van der Waals surface area contributed by atoms with Crippen LogP contribution in [0, 0.1) is 13.8 Å². The van der Waals surface area contributed by atoms with E-state index in [1.54, 1.807) is 24.3 Å². The molecule has 0 saturated carbocycles. The van der Waals surface area contributed by atoms with Gasteiger partial charge in [-0.25, -0.2) is 0 Å². The number of nitrogens with one attached hydrogen (secondary N) is 2. The minimum absolute atomic E-state index is 0.00725. The van der Waals surface area contributed by atoms with Crippen molar-refractivity contribution in [3.05, 3.63) is 59.2 Å². The molecule has 0 aromatic heterocycles. The quantitative estimate of drug-likeness (QED) is 0.822. The van der Waals surface area contributed by atoms with Crippen molar-refractivity contribution in [1.29, 1.82) is 0 Å². The van der Waals surface area contributed by atoms with Crippen molar-refractivity contribution in [1.82, 2.24) is 0 Å². The van der Waals surface area contributed by atoms with Gasteiger partial charge in [0, 0.05) is 16.9 Å². The van der Waals surface area contributed by atoms with Gasteiger partial charge in [0.05, 0.1) is 0 Å². The number of hydrogen-bond acceptors (Lipinski definition) is 3. The Labute approximate surface area is 136 Å². The van der Waals surface area contributed by atoms with Gasteiger partial charge in [0.1, 0.15) is 6.04 Å². The molecule has 0 aliphatic heterocycles. The first-order valence-corrected chi connectivity index (χ1v) is 7.63. The molecule has 1 amide bonds. The van der Waals surface area contributed by atoms with E-state index in [2.05, 4.69) is 10.6 Å². The molecule has 4 nitrogen and oxygen atoms in total. The van der Waals surface area contributed by atoms with E-state index >= 15 is 0 Å². The van der Waals surface area contributed by atoms with E-state index in [1.165, 1.54) is 12.5 Å². The van der Waals surface area contributed by atoms with Crippen LogP contribution in [0.4, 0.5) is 11.4 Å². The molecule has 4 heteroatoms. The maximum Gasteiger partial charge on any atom is 0.246 e. The number of hydrogen-bond donors (Lipinski definition) is 2. The topological polar surface area (TPSA) is 58.2 Å². The summed E-state index contributed by atoms with van der Waals surface area (Å²) < 4.78 is 0. The second kappa shape index (κ2) is 7.09. The monoisotopic (exact) mass is 310 g/mol. The summed E-state index contributed by atoms with van der Waals surface area (Å²) in [7, 11) is 0. The lowest BCUT2D eigenvalue weighted by atomic mass is 10.1. The van der Waals surface area contributed by atoms with Crippen molar-refractivity contribution in [3.63, 3.8) is 0 Å². The number of rotatable bonds is 5. The van der Waals surface area contributed by atoms with Gasteiger partial charge in [-0.05, 0) is 69.2 Å². The largest absolute Gasteiger partial charge is 0.374 e. The van der Waals surface area contributed by atoms with Crippen LogP contribution in [0.1, 0.15) is 35.3 Å². The molecule has 0 aliphatic carbocycles. The normalized spacial score (nSPS) is 11.7. The Balaban J connectivity index is 2.02. The zero-order valence-electron chi connectivity index (χ0n) is 13.9. The molecule has 0 saturated heterocycles. The average molecular weight is 310 g/mol. The van der Waals surface area contributed by atoms with Gasteiger partial charge in [0.25, 0.3) is 0 Å². The van der Waals surface area contributed by atoms with E-state index in [9.17, 15) is 9.59 Å². The second-order valence-corrected chi connectivity index (χ2v) is 5.74. The van der Waals surface area contributed by atoms with E-state index in [1.807, 2.05) is 39.0 Å². The molecule has 23 heavy (non-hydrogen) atoms. The van der Waals surface area contributed by atoms with Crippen molar-refractivity contribution < 1.29 is 9.59 Å². The van der Waals surface area contributed by atoms with Gasteiger partial charge >= 0.3 is 0 Å². The fourth-order valence-corrected chi connectivity index (χ4v) is 2.25. The highest BCUT2D eigenvalue weighted by Gasteiger charge is 2.14. The highest BCUT2D eigenvalue weighted by atomic mass is 16.2. The number of carbonyl (C=O) groups excluding carboxylic acids is 2. The molecule has 2 N–H and O–H groups in total. The summed E-state index contributed by atoms with van der Waals surface area (Å²) in [5.74, 6) is -0.116. The number of benzene rings is 2. The summed E-state index contributed by atoms with van der Waals surface area (Å²) in [5, 5.41) is 6.08. The Morgan fingerprint density at radius 1 is 1.00 bits per heavy atom. The molecule has 0 unspecified atom stereocenters. The number of carbonyl (C=O) groups is 2. The molecule has 1 atom stereocenters. The Morgan fingerprint density at radius 2 is 1.65 bits per heavy atom. The fourth-order valence-electron chi connectivity index (χ4n) is 2.25. The molecule has 0 fully saturated rings. The zero-order chi connectivity index (χ0) is 17.0. The van der Waals surface area contributed by atoms with Gasteiger partial charge in [-0.2, -0.15) is 0 Å². The molecule has 0 heterocycles. The van der Waals surface area contributed by atoms with Crippen LogP contribution in [0.3, 0.4) is 0 Å². The minimum Gasteiger partial charge on any atom is -0.374 e. The lowest BCUT2D eigenvalue weighted by Crippen LogP contribution is -2.32. The third-order valence-electron chi connectivity index (χ3n) is 3.93. The van der Waals surface area contributed by atoms with Gasteiger partial charge < -0.3 is 10.6 Å². The zero-order valence-corrected chi connectivity index (χ0v) is 13.9. The summed E-state index contributed by atoms with van der Waals surface area (Å²) in [4.78, 5) is 23.5. The summed E-state index contributed by atoms with van der Waals surface area (Å²) in [6.07, 6.45) is 0. The smallest absolute Gasteiger partial charge is 0.246 e. The van der Waals surface area contributed by atoms with Gasteiger partial charge in [0.15, 0.2) is 5.78 Å². The predicted octanol–water partition coefficient (Wildman–Crippen LogP) is 3.95. The third kappa shape index (κ3) is 4.19. The van der Waals surface area contributed by atoms with Crippen LogP contribution < -0.4 is 10.6 Å². The highest BCUT2D eigenvalue weighted by Crippen LogP contribution is 2.19. The molecule has 120 valence electrons. The minimum atomic E-state index is -0.372. The first kappa shape index (κ1) is 16.7. The Morgan fingerprint density at radius 3 is 2.26 bits per heavy atom. The van der Waals surface area contributed by atoms with Gasteiger partial charge in [0.2, 0.25) is 5.91 Å². The molecule has 0 aliphatic rings. The van der Waals surface area contributed by atoms with Crippen LogP contribution in [0.5, 0.6) is 0 Å². The first-order valence-electron chi connectivity index (χ1n) is 7.63. The van der Waals surface area contributed by atoms with Gasteiger partial charge in [-0.15, -0.1) is 0 Å². The number of amides is 1. The van der Waals surface area contributed by atoms with Crippen molar-refractivity contribution in [2.75, 3.05) is 10.6 Å². The number of anilines is 2. The van der Waals surface area contributed by atoms with Crippen LogP contribution in [-0.2, 0) is 4.79 Å². The standard InChI is InChI=1S/C19H22N2O2/c1-12-6-5-7-18(13(12)2)20-14(3)19(23)21-17-10-8-16(9-11-17)15(4)22/h5-11,14,20H,1-4H3,(H,21,23)/t14-/m0/s1. The predicted molar refractivity (Wildman–Crippen MR) is 94.1 cm³/mol. The first-order chi connectivity index (χ1) is 10.9. The van der Waals surface area contributed by atoms with Crippen molar-refractivity contribution in [3.8, 4) is 0 Å².